The molecule has 0 radical (unpaired) electrons. The SMILES string of the molecule is Cc1ccc2c(c1OCC(=O)[O-])CCCC(OC(=O)N(c1ccccc1)c1ccccc1)=C2.[Na+]. The van der Waals surface area contributed by atoms with Crippen LogP contribution in [0.2, 0.25) is 0 Å². The van der Waals surface area contributed by atoms with Crippen LogP contribution in [-0.2, 0) is 16.0 Å². The Hall–Kier alpha value is -3.06. The molecule has 7 heteroatoms. The van der Waals surface area contributed by atoms with Gasteiger partial charge >= 0.3 is 35.7 Å². The van der Waals surface area contributed by atoms with E-state index in [9.17, 15) is 14.7 Å². The first-order valence-corrected chi connectivity index (χ1v) is 10.8. The third kappa shape index (κ3) is 6.08. The van der Waals surface area contributed by atoms with E-state index in [0.717, 1.165) is 23.1 Å². The molecule has 1 aliphatic rings. The standard InChI is InChI=1S/C27H25NO5.Na/c1-19-15-16-20-17-23(13-8-14-24(20)26(19)32-18-25(29)30)33-27(31)28(21-9-4-2-5-10-21)22-11-6-3-7-12-22;/h2-7,9-12,15-17H,8,13-14,18H2,1H3,(H,29,30);/q;+1/p-1. The molecule has 0 heterocycles. The van der Waals surface area contributed by atoms with Gasteiger partial charge in [0.05, 0.1) is 17.3 Å². The number of ether oxygens (including phenoxy) is 2. The second-order valence-electron chi connectivity index (χ2n) is 7.78. The first-order chi connectivity index (χ1) is 16.0. The zero-order chi connectivity index (χ0) is 23.2. The van der Waals surface area contributed by atoms with Gasteiger partial charge in [0.25, 0.3) is 0 Å². The van der Waals surface area contributed by atoms with E-state index in [-0.39, 0.29) is 29.6 Å². The molecule has 0 aromatic heterocycles. The number of carbonyl (C=O) groups is 2. The molecule has 0 N–H and O–H groups in total. The molecule has 34 heavy (non-hydrogen) atoms. The van der Waals surface area contributed by atoms with E-state index >= 15 is 0 Å². The molecule has 0 saturated heterocycles. The van der Waals surface area contributed by atoms with Gasteiger partial charge in [-0.25, -0.2) is 9.69 Å². The minimum absolute atomic E-state index is 0. The first kappa shape index (κ1) is 25.6. The van der Waals surface area contributed by atoms with Crippen molar-refractivity contribution >= 4 is 29.5 Å². The van der Waals surface area contributed by atoms with Crippen LogP contribution in [0, 0.1) is 6.92 Å². The van der Waals surface area contributed by atoms with E-state index in [1.165, 1.54) is 4.90 Å². The molecule has 0 atom stereocenters. The molecule has 3 aromatic carbocycles. The normalized spacial score (nSPS) is 12.3. The van der Waals surface area contributed by atoms with E-state index in [2.05, 4.69) is 0 Å². The smallest absolute Gasteiger partial charge is 0.546 e. The number of nitrogens with zero attached hydrogens (tertiary/aromatic N) is 1. The summed E-state index contributed by atoms with van der Waals surface area (Å²) >= 11 is 0. The summed E-state index contributed by atoms with van der Waals surface area (Å²) in [5, 5.41) is 10.9. The van der Waals surface area contributed by atoms with Crippen molar-refractivity contribution in [1.82, 2.24) is 0 Å². The van der Waals surface area contributed by atoms with Crippen LogP contribution in [0.4, 0.5) is 16.2 Å². The number of carboxylic acids is 1. The molecular formula is C27H24NNaO5. The largest absolute Gasteiger partial charge is 1.00 e. The number of rotatable bonds is 6. The number of allylic oxidation sites excluding steroid dienone is 1. The molecule has 0 fully saturated rings. The van der Waals surface area contributed by atoms with Gasteiger partial charge in [0.1, 0.15) is 18.1 Å². The average molecular weight is 465 g/mol. The van der Waals surface area contributed by atoms with Crippen LogP contribution in [0.25, 0.3) is 6.08 Å². The zero-order valence-electron chi connectivity index (χ0n) is 19.3. The zero-order valence-corrected chi connectivity index (χ0v) is 21.3. The molecule has 6 nitrogen and oxygen atoms in total. The molecule has 4 rings (SSSR count). The molecule has 1 aliphatic carbocycles. The van der Waals surface area contributed by atoms with Gasteiger partial charge in [-0.2, -0.15) is 0 Å². The minimum Gasteiger partial charge on any atom is -0.546 e. The quantitative estimate of drug-likeness (QED) is 0.519. The summed E-state index contributed by atoms with van der Waals surface area (Å²) in [6, 6.07) is 22.5. The van der Waals surface area contributed by atoms with Gasteiger partial charge < -0.3 is 19.4 Å². The van der Waals surface area contributed by atoms with Crippen LogP contribution >= 0.6 is 0 Å². The molecule has 1 amide bonds. The van der Waals surface area contributed by atoms with Crippen molar-refractivity contribution < 1.29 is 53.7 Å². The molecule has 0 aliphatic heterocycles. The number of carboxylic acid groups (broad SMARTS) is 1. The predicted molar refractivity (Wildman–Crippen MR) is 124 cm³/mol. The number of fused-ring (bicyclic) bond motifs is 1. The van der Waals surface area contributed by atoms with Gasteiger partial charge in [0, 0.05) is 12.0 Å². The molecule has 0 saturated carbocycles. The van der Waals surface area contributed by atoms with Crippen molar-refractivity contribution in [2.24, 2.45) is 0 Å². The number of aliphatic carboxylic acids is 1. The fourth-order valence-electron chi connectivity index (χ4n) is 3.92. The number of aryl methyl sites for hydroxylation is 1. The number of hydrogen-bond donors (Lipinski definition) is 0. The molecule has 0 unspecified atom stereocenters. The van der Waals surface area contributed by atoms with Gasteiger partial charge in [-0.3, -0.25) is 0 Å². The van der Waals surface area contributed by atoms with Crippen LogP contribution < -0.4 is 44.3 Å². The second-order valence-corrected chi connectivity index (χ2v) is 7.78. The Labute approximate surface area is 221 Å². The number of anilines is 2. The van der Waals surface area contributed by atoms with Gasteiger partial charge in [0.2, 0.25) is 0 Å². The van der Waals surface area contributed by atoms with Crippen LogP contribution in [0.5, 0.6) is 5.75 Å². The Morgan fingerprint density at radius 2 is 1.53 bits per heavy atom. The summed E-state index contributed by atoms with van der Waals surface area (Å²) in [5.41, 5.74) is 4.02. The number of carbonyl (C=O) groups excluding carboxylic acids is 2. The van der Waals surface area contributed by atoms with E-state index in [0.29, 0.717) is 35.7 Å². The Kier molecular flexibility index (Phi) is 8.93. The van der Waals surface area contributed by atoms with Crippen molar-refractivity contribution in [3.8, 4) is 5.75 Å². The summed E-state index contributed by atoms with van der Waals surface area (Å²) in [6.45, 7) is 1.37. The average Bonchev–Trinajstić information content (AvgIpc) is 3.02. The second kappa shape index (κ2) is 11.9. The summed E-state index contributed by atoms with van der Waals surface area (Å²) < 4.78 is 11.4. The molecule has 0 bridgehead atoms. The van der Waals surface area contributed by atoms with E-state index in [4.69, 9.17) is 9.47 Å². The van der Waals surface area contributed by atoms with Gasteiger partial charge in [0.15, 0.2) is 0 Å². The molecule has 0 spiro atoms. The Bertz CT molecular complexity index is 1140. The Morgan fingerprint density at radius 1 is 0.912 bits per heavy atom. The number of hydrogen-bond acceptors (Lipinski definition) is 5. The maximum atomic E-state index is 13.3. The maximum absolute atomic E-state index is 13.3. The molecular weight excluding hydrogens is 441 g/mol. The summed E-state index contributed by atoms with van der Waals surface area (Å²) in [5.74, 6) is -0.172. The minimum atomic E-state index is -1.27. The summed E-state index contributed by atoms with van der Waals surface area (Å²) in [4.78, 5) is 25.7. The third-order valence-corrected chi connectivity index (χ3v) is 5.42. The van der Waals surface area contributed by atoms with Crippen molar-refractivity contribution in [3.05, 3.63) is 95.2 Å². The summed E-state index contributed by atoms with van der Waals surface area (Å²) in [6.07, 6.45) is 3.31. The predicted octanol–water partition coefficient (Wildman–Crippen LogP) is 1.78. The van der Waals surface area contributed by atoms with Crippen LogP contribution in [0.3, 0.4) is 0 Å². The fraction of sp³-hybridized carbons (Fsp3) is 0.185. The molecule has 3 aromatic rings. The van der Waals surface area contributed by atoms with Crippen LogP contribution in [-0.4, -0.2) is 18.7 Å². The Morgan fingerprint density at radius 3 is 2.12 bits per heavy atom. The third-order valence-electron chi connectivity index (χ3n) is 5.42. The van der Waals surface area contributed by atoms with Gasteiger partial charge in [-0.15, -0.1) is 0 Å². The first-order valence-electron chi connectivity index (χ1n) is 10.8. The van der Waals surface area contributed by atoms with Crippen LogP contribution in [0.15, 0.2) is 78.6 Å². The van der Waals surface area contributed by atoms with Crippen molar-refractivity contribution in [3.63, 3.8) is 0 Å². The van der Waals surface area contributed by atoms with Crippen LogP contribution in [0.1, 0.15) is 29.5 Å². The number of amides is 1. The van der Waals surface area contributed by atoms with Gasteiger partial charge in [-0.1, -0.05) is 48.5 Å². The number of para-hydroxylation sites is 2. The maximum Gasteiger partial charge on any atom is 1.00 e. The van der Waals surface area contributed by atoms with E-state index < -0.39 is 18.7 Å². The van der Waals surface area contributed by atoms with Crippen molar-refractivity contribution in [1.29, 1.82) is 0 Å². The number of benzene rings is 3. The topological polar surface area (TPSA) is 78.9 Å². The van der Waals surface area contributed by atoms with E-state index in [1.807, 2.05) is 85.8 Å². The molecule has 168 valence electrons. The van der Waals surface area contributed by atoms with Crippen molar-refractivity contribution in [2.45, 2.75) is 26.2 Å². The summed E-state index contributed by atoms with van der Waals surface area (Å²) in [7, 11) is 0. The van der Waals surface area contributed by atoms with E-state index in [1.54, 1.807) is 0 Å². The fourth-order valence-corrected chi connectivity index (χ4v) is 3.92. The monoisotopic (exact) mass is 465 g/mol. The van der Waals surface area contributed by atoms with Crippen molar-refractivity contribution in [2.75, 3.05) is 11.5 Å². The van der Waals surface area contributed by atoms with Gasteiger partial charge in [-0.05, 0) is 61.2 Å². The Balaban J connectivity index is 0.00000324.